The van der Waals surface area contributed by atoms with Crippen molar-refractivity contribution in [3.63, 3.8) is 0 Å². The SMILES string of the molecule is Cc1cc2c3c(c1)N(c1ccccc1-c1ccccc1)c1cc4c(cc1B3c1cc(C(C)(C)C)ccc1N2c1cc2c(cc1C)C(C)(C)CCC2(C)C)sc1ccccc14. The molecule has 0 spiro atoms. The van der Waals surface area contributed by atoms with Crippen LogP contribution in [-0.4, -0.2) is 6.71 Å². The van der Waals surface area contributed by atoms with E-state index in [9.17, 15) is 0 Å². The molecule has 2 aliphatic heterocycles. The van der Waals surface area contributed by atoms with Crippen LogP contribution in [0.5, 0.6) is 0 Å². The Balaban J connectivity index is 1.27. The quantitative estimate of drug-likeness (QED) is 0.164. The van der Waals surface area contributed by atoms with Gasteiger partial charge in [-0.3, -0.25) is 0 Å². The molecule has 0 amide bonds. The third-order valence-electron chi connectivity index (χ3n) is 14.2. The van der Waals surface area contributed by atoms with Crippen LogP contribution in [0.25, 0.3) is 31.3 Å². The van der Waals surface area contributed by atoms with Crippen LogP contribution in [0.3, 0.4) is 0 Å². The van der Waals surface area contributed by atoms with Gasteiger partial charge in [-0.25, -0.2) is 0 Å². The lowest BCUT2D eigenvalue weighted by Gasteiger charge is -2.46. The number of hydrogen-bond donors (Lipinski definition) is 0. The summed E-state index contributed by atoms with van der Waals surface area (Å²) in [4.78, 5) is 5.27. The molecule has 1 aromatic heterocycles. The van der Waals surface area contributed by atoms with Crippen molar-refractivity contribution in [2.75, 3.05) is 9.80 Å². The average Bonchev–Trinajstić information content (AvgIpc) is 3.59. The number of para-hydroxylation sites is 1. The molecule has 296 valence electrons. The molecule has 2 nitrogen and oxygen atoms in total. The summed E-state index contributed by atoms with van der Waals surface area (Å²) >= 11 is 1.92. The lowest BCUT2D eigenvalue weighted by Crippen LogP contribution is -2.61. The maximum Gasteiger partial charge on any atom is 0.252 e. The van der Waals surface area contributed by atoms with Crippen molar-refractivity contribution in [2.24, 2.45) is 0 Å². The largest absolute Gasteiger partial charge is 0.311 e. The lowest BCUT2D eigenvalue weighted by atomic mass is 9.33. The maximum atomic E-state index is 2.65. The minimum atomic E-state index is -0.0127. The van der Waals surface area contributed by atoms with E-state index >= 15 is 0 Å². The van der Waals surface area contributed by atoms with Gasteiger partial charge in [0, 0.05) is 54.2 Å². The molecular formula is C56H53BN2S. The highest BCUT2D eigenvalue weighted by Crippen LogP contribution is 2.52. The third-order valence-corrected chi connectivity index (χ3v) is 15.3. The summed E-state index contributed by atoms with van der Waals surface area (Å²) < 4.78 is 2.68. The Kier molecular flexibility index (Phi) is 8.09. The number of aryl methyl sites for hydroxylation is 2. The van der Waals surface area contributed by atoms with Gasteiger partial charge < -0.3 is 9.80 Å². The molecule has 60 heavy (non-hydrogen) atoms. The van der Waals surface area contributed by atoms with Crippen LogP contribution in [0.2, 0.25) is 0 Å². The van der Waals surface area contributed by atoms with Crippen LogP contribution in [0.4, 0.5) is 34.1 Å². The van der Waals surface area contributed by atoms with Crippen molar-refractivity contribution in [1.82, 2.24) is 0 Å². The molecule has 0 fully saturated rings. The molecule has 7 aromatic carbocycles. The molecule has 3 aliphatic rings. The first-order chi connectivity index (χ1) is 28.7. The van der Waals surface area contributed by atoms with Crippen LogP contribution < -0.4 is 26.2 Å². The summed E-state index contributed by atoms with van der Waals surface area (Å²) in [7, 11) is 0. The van der Waals surface area contributed by atoms with E-state index in [0.29, 0.717) is 0 Å². The zero-order valence-electron chi connectivity index (χ0n) is 36.5. The summed E-state index contributed by atoms with van der Waals surface area (Å²) in [6, 6.07) is 51.5. The van der Waals surface area contributed by atoms with E-state index < -0.39 is 0 Å². The predicted octanol–water partition coefficient (Wildman–Crippen LogP) is 14.1. The van der Waals surface area contributed by atoms with Gasteiger partial charge in [0.2, 0.25) is 0 Å². The highest BCUT2D eigenvalue weighted by molar-refractivity contribution is 7.26. The lowest BCUT2D eigenvalue weighted by molar-refractivity contribution is 0.332. The number of benzene rings is 7. The molecule has 0 saturated carbocycles. The van der Waals surface area contributed by atoms with Gasteiger partial charge in [-0.2, -0.15) is 0 Å². The first kappa shape index (κ1) is 37.4. The van der Waals surface area contributed by atoms with E-state index in [1.54, 1.807) is 0 Å². The molecule has 0 N–H and O–H groups in total. The molecule has 4 heteroatoms. The van der Waals surface area contributed by atoms with Gasteiger partial charge in [0.1, 0.15) is 0 Å². The molecule has 1 aliphatic carbocycles. The molecular weight excluding hydrogens is 744 g/mol. The molecule has 0 radical (unpaired) electrons. The molecule has 3 heterocycles. The summed E-state index contributed by atoms with van der Waals surface area (Å²) in [6.07, 6.45) is 2.38. The summed E-state index contributed by atoms with van der Waals surface area (Å²) in [6.45, 7) is 21.5. The number of fused-ring (bicyclic) bond motifs is 8. The van der Waals surface area contributed by atoms with E-state index in [-0.39, 0.29) is 23.0 Å². The monoisotopic (exact) mass is 796 g/mol. The topological polar surface area (TPSA) is 6.48 Å². The van der Waals surface area contributed by atoms with Crippen LogP contribution in [0, 0.1) is 13.8 Å². The molecule has 8 aromatic rings. The second-order valence-electron chi connectivity index (χ2n) is 20.2. The minimum Gasteiger partial charge on any atom is -0.311 e. The van der Waals surface area contributed by atoms with E-state index in [0.717, 1.165) is 0 Å². The Morgan fingerprint density at radius 3 is 1.90 bits per heavy atom. The van der Waals surface area contributed by atoms with Crippen LogP contribution >= 0.6 is 11.3 Å². The van der Waals surface area contributed by atoms with E-state index in [1.807, 2.05) is 11.3 Å². The molecule has 0 unspecified atom stereocenters. The fraction of sp³-hybridized carbons (Fsp3) is 0.250. The molecule has 0 atom stereocenters. The van der Waals surface area contributed by atoms with Crippen molar-refractivity contribution >= 4 is 88.7 Å². The highest BCUT2D eigenvalue weighted by atomic mass is 32.1. The number of rotatable bonds is 3. The van der Waals surface area contributed by atoms with Crippen molar-refractivity contribution in [1.29, 1.82) is 0 Å². The zero-order chi connectivity index (χ0) is 41.5. The fourth-order valence-corrected chi connectivity index (χ4v) is 12.0. The molecule has 0 bridgehead atoms. The second kappa shape index (κ2) is 13.0. The van der Waals surface area contributed by atoms with Gasteiger partial charge in [0.25, 0.3) is 6.71 Å². The Morgan fingerprint density at radius 2 is 1.17 bits per heavy atom. The Morgan fingerprint density at radius 1 is 0.533 bits per heavy atom. The number of nitrogens with zero attached hydrogens (tertiary/aromatic N) is 2. The van der Waals surface area contributed by atoms with Gasteiger partial charge >= 0.3 is 0 Å². The van der Waals surface area contributed by atoms with Gasteiger partial charge in [0.05, 0.1) is 5.69 Å². The first-order valence-corrected chi connectivity index (χ1v) is 22.7. The van der Waals surface area contributed by atoms with Crippen molar-refractivity contribution in [3.05, 3.63) is 161 Å². The number of thiophene rings is 1. The maximum absolute atomic E-state index is 2.65. The second-order valence-corrected chi connectivity index (χ2v) is 21.3. The third kappa shape index (κ3) is 5.52. The number of hydrogen-bond acceptors (Lipinski definition) is 3. The van der Waals surface area contributed by atoms with Gasteiger partial charge in [-0.1, -0.05) is 133 Å². The van der Waals surface area contributed by atoms with Gasteiger partial charge in [-0.05, 0) is 141 Å². The first-order valence-electron chi connectivity index (χ1n) is 21.8. The zero-order valence-corrected chi connectivity index (χ0v) is 37.3. The van der Waals surface area contributed by atoms with Crippen LogP contribution in [0.15, 0.2) is 133 Å². The van der Waals surface area contributed by atoms with Crippen molar-refractivity contribution in [3.8, 4) is 11.1 Å². The summed E-state index contributed by atoms with van der Waals surface area (Å²) in [5.41, 5.74) is 21.3. The number of anilines is 6. The normalized spacial score (nSPS) is 16.1. The van der Waals surface area contributed by atoms with Gasteiger partial charge in [-0.15, -0.1) is 11.3 Å². The Bertz CT molecular complexity index is 3070. The summed E-state index contributed by atoms with van der Waals surface area (Å²) in [5.74, 6) is 0. The Labute approximate surface area is 360 Å². The molecule has 11 rings (SSSR count). The average molecular weight is 797 g/mol. The van der Waals surface area contributed by atoms with Crippen molar-refractivity contribution in [2.45, 2.75) is 91.4 Å². The van der Waals surface area contributed by atoms with Crippen molar-refractivity contribution < 1.29 is 0 Å². The predicted molar refractivity (Wildman–Crippen MR) is 262 cm³/mol. The van der Waals surface area contributed by atoms with Crippen LogP contribution in [-0.2, 0) is 16.2 Å². The standard InChI is InChI=1S/C56H53BN2S/c1-34-27-49-53-50(28-34)59(47-32-42-41(29-35(47)2)55(6,7)25-26-56(42,8)9)46-24-23-37(54(3,4)5)30-43(46)57(53)44-33-52-40(39-20-14-16-22-51(39)60-52)31-48(44)58(49)45-21-15-13-19-38(45)36-17-11-10-12-18-36/h10-24,27-33H,25-26H2,1-9H3. The van der Waals surface area contributed by atoms with E-state index in [2.05, 4.69) is 206 Å². The Hall–Kier alpha value is -5.58. The van der Waals surface area contributed by atoms with E-state index in [1.165, 1.54) is 122 Å². The fourth-order valence-electron chi connectivity index (χ4n) is 10.8. The highest BCUT2D eigenvalue weighted by Gasteiger charge is 2.46. The van der Waals surface area contributed by atoms with Crippen LogP contribution in [0.1, 0.15) is 89.1 Å². The summed E-state index contributed by atoms with van der Waals surface area (Å²) in [5, 5.41) is 2.65. The van der Waals surface area contributed by atoms with E-state index in [4.69, 9.17) is 0 Å². The van der Waals surface area contributed by atoms with Gasteiger partial charge in [0.15, 0.2) is 0 Å². The smallest absolute Gasteiger partial charge is 0.252 e. The molecule has 0 saturated heterocycles. The minimum absolute atomic E-state index is 0.0127.